The molecule has 0 heterocycles. The van der Waals surface area contributed by atoms with E-state index >= 15 is 0 Å². The maximum atomic E-state index is 5.66. The van der Waals surface area contributed by atoms with Crippen LogP contribution in [0.15, 0.2) is 36.4 Å². The molecule has 2 aromatic rings. The van der Waals surface area contributed by atoms with Crippen LogP contribution < -0.4 is 10.5 Å². The van der Waals surface area contributed by atoms with Gasteiger partial charge in [0.05, 0.1) is 7.11 Å². The highest BCUT2D eigenvalue weighted by Gasteiger charge is 1.95. The molecule has 2 rings (SSSR count). The predicted molar refractivity (Wildman–Crippen MR) is 54.9 cm³/mol. The zero-order chi connectivity index (χ0) is 9.26. The van der Waals surface area contributed by atoms with Crippen molar-refractivity contribution >= 4 is 16.5 Å². The minimum atomic E-state index is 0.790. The molecule has 0 aliphatic carbocycles. The van der Waals surface area contributed by atoms with Gasteiger partial charge in [0.15, 0.2) is 0 Å². The normalized spacial score (nSPS) is 10.2. The minimum absolute atomic E-state index is 0.790. The van der Waals surface area contributed by atoms with Crippen LogP contribution in [-0.4, -0.2) is 7.11 Å². The van der Waals surface area contributed by atoms with Crippen molar-refractivity contribution in [2.75, 3.05) is 12.8 Å². The molecular weight excluding hydrogens is 162 g/mol. The standard InChI is InChI=1S/C11H11NO/c1-13-11-5-3-8-6-10(12)4-2-9(8)7-11/h2-7H,12H2,1H3. The van der Waals surface area contributed by atoms with E-state index in [0.717, 1.165) is 22.2 Å². The second kappa shape index (κ2) is 2.98. The smallest absolute Gasteiger partial charge is 0.119 e. The molecule has 0 amide bonds. The number of benzene rings is 2. The van der Waals surface area contributed by atoms with E-state index in [1.807, 2.05) is 36.4 Å². The maximum absolute atomic E-state index is 5.66. The molecule has 0 saturated carbocycles. The molecule has 0 spiro atoms. The monoisotopic (exact) mass is 173 g/mol. The lowest BCUT2D eigenvalue weighted by Gasteiger charge is -2.02. The average Bonchev–Trinajstić information content (AvgIpc) is 2.17. The summed E-state index contributed by atoms with van der Waals surface area (Å²) in [6, 6.07) is 11.8. The Morgan fingerprint density at radius 2 is 1.69 bits per heavy atom. The largest absolute Gasteiger partial charge is 0.497 e. The molecule has 0 aromatic heterocycles. The molecule has 0 atom stereocenters. The Labute approximate surface area is 76.9 Å². The Balaban J connectivity index is 2.66. The molecule has 0 radical (unpaired) electrons. The van der Waals surface area contributed by atoms with E-state index in [2.05, 4.69) is 0 Å². The van der Waals surface area contributed by atoms with Crippen LogP contribution in [0.3, 0.4) is 0 Å². The van der Waals surface area contributed by atoms with Gasteiger partial charge in [-0.05, 0) is 35.0 Å². The molecule has 13 heavy (non-hydrogen) atoms. The van der Waals surface area contributed by atoms with E-state index in [1.165, 1.54) is 0 Å². The van der Waals surface area contributed by atoms with E-state index in [9.17, 15) is 0 Å². The number of hydrogen-bond acceptors (Lipinski definition) is 2. The summed E-state index contributed by atoms with van der Waals surface area (Å²) in [7, 11) is 1.67. The van der Waals surface area contributed by atoms with E-state index in [-0.39, 0.29) is 0 Å². The van der Waals surface area contributed by atoms with E-state index in [4.69, 9.17) is 10.5 Å². The summed E-state index contributed by atoms with van der Waals surface area (Å²) in [6.07, 6.45) is 0. The average molecular weight is 173 g/mol. The zero-order valence-corrected chi connectivity index (χ0v) is 7.45. The van der Waals surface area contributed by atoms with Gasteiger partial charge in [-0.1, -0.05) is 12.1 Å². The number of methoxy groups -OCH3 is 1. The van der Waals surface area contributed by atoms with Crippen molar-refractivity contribution in [2.24, 2.45) is 0 Å². The van der Waals surface area contributed by atoms with Crippen LogP contribution in [0.4, 0.5) is 5.69 Å². The first-order valence-corrected chi connectivity index (χ1v) is 4.13. The van der Waals surface area contributed by atoms with E-state index in [1.54, 1.807) is 7.11 Å². The van der Waals surface area contributed by atoms with Crippen molar-refractivity contribution in [3.8, 4) is 5.75 Å². The van der Waals surface area contributed by atoms with Crippen LogP contribution in [0.5, 0.6) is 5.75 Å². The molecule has 0 fully saturated rings. The first kappa shape index (κ1) is 7.92. The van der Waals surface area contributed by atoms with Gasteiger partial charge in [0.2, 0.25) is 0 Å². The summed E-state index contributed by atoms with van der Waals surface area (Å²) in [6.45, 7) is 0. The summed E-state index contributed by atoms with van der Waals surface area (Å²) < 4.78 is 5.12. The van der Waals surface area contributed by atoms with Crippen LogP contribution in [0.1, 0.15) is 0 Å². The molecule has 0 unspecified atom stereocenters. The molecule has 2 N–H and O–H groups in total. The minimum Gasteiger partial charge on any atom is -0.497 e. The first-order chi connectivity index (χ1) is 6.29. The van der Waals surface area contributed by atoms with Crippen LogP contribution in [0.25, 0.3) is 10.8 Å². The fourth-order valence-corrected chi connectivity index (χ4v) is 1.37. The Morgan fingerprint density at radius 1 is 1.00 bits per heavy atom. The Hall–Kier alpha value is -1.70. The number of fused-ring (bicyclic) bond motifs is 1. The van der Waals surface area contributed by atoms with Crippen molar-refractivity contribution in [3.63, 3.8) is 0 Å². The lowest BCUT2D eigenvalue weighted by Crippen LogP contribution is -1.85. The van der Waals surface area contributed by atoms with Crippen LogP contribution in [0, 0.1) is 0 Å². The van der Waals surface area contributed by atoms with Gasteiger partial charge in [-0.25, -0.2) is 0 Å². The predicted octanol–water partition coefficient (Wildman–Crippen LogP) is 2.43. The third-order valence-corrected chi connectivity index (χ3v) is 2.07. The third-order valence-electron chi connectivity index (χ3n) is 2.07. The molecular formula is C11H11NO. The molecule has 2 heteroatoms. The van der Waals surface area contributed by atoms with Gasteiger partial charge in [-0.15, -0.1) is 0 Å². The fourth-order valence-electron chi connectivity index (χ4n) is 1.37. The number of hydrogen-bond donors (Lipinski definition) is 1. The van der Waals surface area contributed by atoms with Crippen molar-refractivity contribution in [1.82, 2.24) is 0 Å². The second-order valence-electron chi connectivity index (χ2n) is 2.97. The van der Waals surface area contributed by atoms with Gasteiger partial charge in [0, 0.05) is 5.69 Å². The number of ether oxygens (including phenoxy) is 1. The SMILES string of the molecule is COc1ccc2cc(N)ccc2c1. The molecule has 0 aliphatic heterocycles. The first-order valence-electron chi connectivity index (χ1n) is 4.13. The third kappa shape index (κ3) is 1.43. The summed E-state index contributed by atoms with van der Waals surface area (Å²) >= 11 is 0. The van der Waals surface area contributed by atoms with Crippen molar-refractivity contribution < 1.29 is 4.74 Å². The van der Waals surface area contributed by atoms with Gasteiger partial charge in [0.25, 0.3) is 0 Å². The highest BCUT2D eigenvalue weighted by atomic mass is 16.5. The summed E-state index contributed by atoms with van der Waals surface area (Å²) in [5.74, 6) is 0.872. The number of nitrogen functional groups attached to an aromatic ring is 1. The summed E-state index contributed by atoms with van der Waals surface area (Å²) in [5.41, 5.74) is 6.45. The molecule has 66 valence electrons. The highest BCUT2D eigenvalue weighted by molar-refractivity contribution is 5.86. The van der Waals surface area contributed by atoms with Gasteiger partial charge in [-0.3, -0.25) is 0 Å². The van der Waals surface area contributed by atoms with Gasteiger partial charge >= 0.3 is 0 Å². The zero-order valence-electron chi connectivity index (χ0n) is 7.45. The Morgan fingerprint density at radius 3 is 2.46 bits per heavy atom. The quantitative estimate of drug-likeness (QED) is 0.672. The van der Waals surface area contributed by atoms with Gasteiger partial charge in [0.1, 0.15) is 5.75 Å². The summed E-state index contributed by atoms with van der Waals surface area (Å²) in [5, 5.41) is 2.29. The lowest BCUT2D eigenvalue weighted by atomic mass is 10.1. The van der Waals surface area contributed by atoms with Crippen molar-refractivity contribution in [1.29, 1.82) is 0 Å². The van der Waals surface area contributed by atoms with Crippen LogP contribution in [-0.2, 0) is 0 Å². The molecule has 0 bridgehead atoms. The fraction of sp³-hybridized carbons (Fsp3) is 0.0909. The highest BCUT2D eigenvalue weighted by Crippen LogP contribution is 2.22. The van der Waals surface area contributed by atoms with E-state index < -0.39 is 0 Å². The molecule has 0 saturated heterocycles. The topological polar surface area (TPSA) is 35.2 Å². The summed E-state index contributed by atoms with van der Waals surface area (Å²) in [4.78, 5) is 0. The maximum Gasteiger partial charge on any atom is 0.119 e. The Bertz CT molecular complexity index is 437. The van der Waals surface area contributed by atoms with Crippen molar-refractivity contribution in [3.05, 3.63) is 36.4 Å². The van der Waals surface area contributed by atoms with E-state index in [0.29, 0.717) is 0 Å². The number of anilines is 1. The Kier molecular flexibility index (Phi) is 1.81. The second-order valence-corrected chi connectivity index (χ2v) is 2.97. The van der Waals surface area contributed by atoms with Gasteiger partial charge < -0.3 is 10.5 Å². The number of nitrogens with two attached hydrogens (primary N) is 1. The van der Waals surface area contributed by atoms with Crippen molar-refractivity contribution in [2.45, 2.75) is 0 Å². The molecule has 0 aliphatic rings. The molecule has 2 nitrogen and oxygen atoms in total. The lowest BCUT2D eigenvalue weighted by molar-refractivity contribution is 0.415. The van der Waals surface area contributed by atoms with Crippen LogP contribution >= 0.6 is 0 Å². The number of rotatable bonds is 1. The van der Waals surface area contributed by atoms with Gasteiger partial charge in [-0.2, -0.15) is 0 Å². The van der Waals surface area contributed by atoms with Crippen LogP contribution in [0.2, 0.25) is 0 Å². The molecule has 2 aromatic carbocycles.